The Hall–Kier alpha value is -0.340. The lowest BCUT2D eigenvalue weighted by molar-refractivity contribution is 0.416. The van der Waals surface area contributed by atoms with Gasteiger partial charge in [0.1, 0.15) is 0 Å². The van der Waals surface area contributed by atoms with Crippen molar-refractivity contribution in [2.75, 3.05) is 0 Å². The van der Waals surface area contributed by atoms with E-state index < -0.39 is 0 Å². The van der Waals surface area contributed by atoms with Crippen LogP contribution in [0.1, 0.15) is 64.2 Å². The number of hydrogen-bond donors (Lipinski definition) is 2. The van der Waals surface area contributed by atoms with Crippen molar-refractivity contribution in [2.24, 2.45) is 11.8 Å². The van der Waals surface area contributed by atoms with Crippen LogP contribution in [-0.2, 0) is 0 Å². The van der Waals surface area contributed by atoms with Gasteiger partial charge in [-0.3, -0.25) is 11.3 Å². The van der Waals surface area contributed by atoms with Crippen LogP contribution in [0.15, 0.2) is 11.6 Å². The average Bonchev–Trinajstić information content (AvgIpc) is 2.67. The minimum absolute atomic E-state index is 0.459. The van der Waals surface area contributed by atoms with E-state index >= 15 is 0 Å². The molecule has 1 fully saturated rings. The van der Waals surface area contributed by atoms with Crippen molar-refractivity contribution in [1.29, 1.82) is 0 Å². The van der Waals surface area contributed by atoms with Gasteiger partial charge in [-0.25, -0.2) is 0 Å². The number of allylic oxidation sites excluding steroid dienone is 1. The van der Waals surface area contributed by atoms with Crippen LogP contribution in [0.4, 0.5) is 0 Å². The maximum absolute atomic E-state index is 5.74. The van der Waals surface area contributed by atoms with E-state index in [9.17, 15) is 0 Å². The zero-order valence-electron chi connectivity index (χ0n) is 10.4. The summed E-state index contributed by atoms with van der Waals surface area (Å²) in [7, 11) is 0. The third kappa shape index (κ3) is 3.33. The molecule has 3 N–H and O–H groups in total. The molecule has 1 saturated carbocycles. The Morgan fingerprint density at radius 1 is 1.19 bits per heavy atom. The second-order valence-electron chi connectivity index (χ2n) is 5.48. The molecule has 0 heterocycles. The Kier molecular flexibility index (Phi) is 4.86. The SMILES string of the molecule is NNC(CC1CCCC1)C1=CCCCCC1. The quantitative estimate of drug-likeness (QED) is 0.435. The van der Waals surface area contributed by atoms with Gasteiger partial charge in [-0.15, -0.1) is 0 Å². The molecule has 2 rings (SSSR count). The molecule has 1 unspecified atom stereocenters. The largest absolute Gasteiger partial charge is 0.271 e. The van der Waals surface area contributed by atoms with Gasteiger partial charge in [-0.05, 0) is 38.0 Å². The van der Waals surface area contributed by atoms with Gasteiger partial charge in [0.15, 0.2) is 0 Å². The predicted molar refractivity (Wildman–Crippen MR) is 68.9 cm³/mol. The first-order valence-electron chi connectivity index (χ1n) is 7.05. The maximum atomic E-state index is 5.74. The van der Waals surface area contributed by atoms with Crippen molar-refractivity contribution in [2.45, 2.75) is 70.3 Å². The Morgan fingerprint density at radius 2 is 2.00 bits per heavy atom. The van der Waals surface area contributed by atoms with Crippen LogP contribution in [0.3, 0.4) is 0 Å². The van der Waals surface area contributed by atoms with Gasteiger partial charge in [0, 0.05) is 6.04 Å². The Morgan fingerprint density at radius 3 is 2.75 bits per heavy atom. The summed E-state index contributed by atoms with van der Waals surface area (Å²) in [5, 5.41) is 0. The smallest absolute Gasteiger partial charge is 0.0422 e. The van der Waals surface area contributed by atoms with Crippen LogP contribution in [-0.4, -0.2) is 6.04 Å². The highest BCUT2D eigenvalue weighted by molar-refractivity contribution is 5.12. The van der Waals surface area contributed by atoms with Gasteiger partial charge in [0.25, 0.3) is 0 Å². The van der Waals surface area contributed by atoms with E-state index in [0.29, 0.717) is 6.04 Å². The standard InChI is InChI=1S/C14H26N2/c15-16-14(11-12-7-5-6-8-12)13-9-3-1-2-4-10-13/h9,12,14,16H,1-8,10-11,15H2. The molecule has 16 heavy (non-hydrogen) atoms. The van der Waals surface area contributed by atoms with Gasteiger partial charge in [-0.2, -0.15) is 0 Å². The number of nitrogens with two attached hydrogens (primary N) is 1. The predicted octanol–water partition coefficient (Wildman–Crippen LogP) is 3.29. The molecule has 0 saturated heterocycles. The number of hydrogen-bond acceptors (Lipinski definition) is 2. The van der Waals surface area contributed by atoms with Crippen LogP contribution in [0, 0.1) is 5.92 Å². The molecule has 0 aromatic heterocycles. The molecule has 0 aromatic rings. The summed E-state index contributed by atoms with van der Waals surface area (Å²) in [5.74, 6) is 6.66. The minimum atomic E-state index is 0.459. The topological polar surface area (TPSA) is 38.0 Å². The highest BCUT2D eigenvalue weighted by Gasteiger charge is 2.22. The third-order valence-corrected chi connectivity index (χ3v) is 4.27. The molecular weight excluding hydrogens is 196 g/mol. The van der Waals surface area contributed by atoms with Gasteiger partial charge in [0.05, 0.1) is 0 Å². The normalized spacial score (nSPS) is 25.2. The van der Waals surface area contributed by atoms with Gasteiger partial charge >= 0.3 is 0 Å². The van der Waals surface area contributed by atoms with Gasteiger partial charge in [-0.1, -0.05) is 43.8 Å². The molecule has 92 valence electrons. The Labute approximate surface area is 99.6 Å². The van der Waals surface area contributed by atoms with Crippen molar-refractivity contribution >= 4 is 0 Å². The van der Waals surface area contributed by atoms with Crippen molar-refractivity contribution in [3.8, 4) is 0 Å². The summed E-state index contributed by atoms with van der Waals surface area (Å²) < 4.78 is 0. The van der Waals surface area contributed by atoms with Gasteiger partial charge < -0.3 is 0 Å². The summed E-state index contributed by atoms with van der Waals surface area (Å²) in [6, 6.07) is 0.459. The summed E-state index contributed by atoms with van der Waals surface area (Å²) in [5.41, 5.74) is 4.65. The van der Waals surface area contributed by atoms with Crippen LogP contribution in [0.5, 0.6) is 0 Å². The lowest BCUT2D eigenvalue weighted by Crippen LogP contribution is -2.38. The van der Waals surface area contributed by atoms with E-state index in [-0.39, 0.29) is 0 Å². The second-order valence-corrected chi connectivity index (χ2v) is 5.48. The summed E-state index contributed by atoms with van der Waals surface area (Å²) in [4.78, 5) is 0. The van der Waals surface area contributed by atoms with E-state index in [0.717, 1.165) is 5.92 Å². The average molecular weight is 222 g/mol. The zero-order chi connectivity index (χ0) is 11.2. The van der Waals surface area contributed by atoms with E-state index in [4.69, 9.17) is 5.84 Å². The molecule has 0 bridgehead atoms. The minimum Gasteiger partial charge on any atom is -0.271 e. The number of rotatable bonds is 4. The van der Waals surface area contributed by atoms with E-state index in [2.05, 4.69) is 11.5 Å². The fourth-order valence-corrected chi connectivity index (χ4v) is 3.26. The molecule has 0 aliphatic heterocycles. The fraction of sp³-hybridized carbons (Fsp3) is 0.857. The molecule has 0 aromatic carbocycles. The maximum Gasteiger partial charge on any atom is 0.0422 e. The lowest BCUT2D eigenvalue weighted by atomic mass is 9.92. The first-order valence-corrected chi connectivity index (χ1v) is 7.05. The van der Waals surface area contributed by atoms with E-state index in [1.165, 1.54) is 64.2 Å². The third-order valence-electron chi connectivity index (χ3n) is 4.27. The first-order chi connectivity index (χ1) is 7.90. The zero-order valence-corrected chi connectivity index (χ0v) is 10.4. The first kappa shape index (κ1) is 12.1. The number of nitrogens with one attached hydrogen (secondary N) is 1. The van der Waals surface area contributed by atoms with E-state index in [1.54, 1.807) is 5.57 Å². The highest BCUT2D eigenvalue weighted by atomic mass is 15.2. The Balaban J connectivity index is 1.89. The van der Waals surface area contributed by atoms with Crippen molar-refractivity contribution in [3.63, 3.8) is 0 Å². The molecule has 0 spiro atoms. The molecule has 2 aliphatic rings. The Bertz CT molecular complexity index is 229. The van der Waals surface area contributed by atoms with Crippen molar-refractivity contribution in [3.05, 3.63) is 11.6 Å². The van der Waals surface area contributed by atoms with Crippen LogP contribution < -0.4 is 11.3 Å². The molecular formula is C14H26N2. The number of hydrazine groups is 1. The molecule has 2 heteroatoms. The molecule has 2 nitrogen and oxygen atoms in total. The van der Waals surface area contributed by atoms with Crippen LogP contribution in [0.2, 0.25) is 0 Å². The summed E-state index contributed by atoms with van der Waals surface area (Å²) >= 11 is 0. The molecule has 0 radical (unpaired) electrons. The second kappa shape index (κ2) is 6.41. The monoisotopic (exact) mass is 222 g/mol. The van der Waals surface area contributed by atoms with Crippen LogP contribution in [0.25, 0.3) is 0 Å². The lowest BCUT2D eigenvalue weighted by Gasteiger charge is -2.22. The highest BCUT2D eigenvalue weighted by Crippen LogP contribution is 2.31. The van der Waals surface area contributed by atoms with Crippen LogP contribution >= 0.6 is 0 Å². The van der Waals surface area contributed by atoms with Gasteiger partial charge in [0.2, 0.25) is 0 Å². The molecule has 1 atom stereocenters. The summed E-state index contributed by atoms with van der Waals surface area (Å²) in [6.45, 7) is 0. The van der Waals surface area contributed by atoms with Crippen molar-refractivity contribution in [1.82, 2.24) is 5.43 Å². The summed E-state index contributed by atoms with van der Waals surface area (Å²) in [6.07, 6.45) is 16.1. The molecule has 0 amide bonds. The van der Waals surface area contributed by atoms with Crippen molar-refractivity contribution < 1.29 is 0 Å². The fourth-order valence-electron chi connectivity index (χ4n) is 3.26. The van der Waals surface area contributed by atoms with E-state index in [1.807, 2.05) is 0 Å². The molecule has 2 aliphatic carbocycles.